The van der Waals surface area contributed by atoms with E-state index in [1.807, 2.05) is 0 Å². The number of benzene rings is 1. The fourth-order valence-corrected chi connectivity index (χ4v) is 2.97. The number of nitrogens with one attached hydrogen (secondary N) is 1. The third-order valence-corrected chi connectivity index (χ3v) is 4.85. The van der Waals surface area contributed by atoms with Crippen molar-refractivity contribution in [1.29, 1.82) is 0 Å². The van der Waals surface area contributed by atoms with Crippen molar-refractivity contribution in [3.63, 3.8) is 0 Å². The monoisotopic (exact) mass is 418 g/mol. The number of thioether (sulfide) groups is 1. The van der Waals surface area contributed by atoms with Crippen LogP contribution in [0, 0.1) is 0 Å². The molecule has 0 spiro atoms. The summed E-state index contributed by atoms with van der Waals surface area (Å²) < 4.78 is 5.20. The third kappa shape index (κ3) is 5.01. The molecule has 1 aromatic heterocycles. The molecule has 1 aromatic carbocycles. The second kappa shape index (κ2) is 8.76. The second-order valence-electron chi connectivity index (χ2n) is 4.84. The van der Waals surface area contributed by atoms with Crippen LogP contribution in [-0.2, 0) is 9.53 Å². The molecule has 1 unspecified atom stereocenters. The van der Waals surface area contributed by atoms with Gasteiger partial charge in [0.15, 0.2) is 6.10 Å². The maximum atomic E-state index is 12.2. The van der Waals surface area contributed by atoms with Crippen LogP contribution in [0.15, 0.2) is 35.5 Å². The van der Waals surface area contributed by atoms with Gasteiger partial charge in [0.2, 0.25) is 0 Å². The Bertz CT molecular complexity index is 817. The highest BCUT2D eigenvalue weighted by molar-refractivity contribution is 7.98. The molecule has 0 radical (unpaired) electrons. The Kier molecular flexibility index (Phi) is 6.95. The SMILES string of the molecule is CSc1ncccc1C(=O)OC(C)C(=O)Nc1cc(Cl)c(Cl)cc1Cl. The standard InChI is InChI=1S/C16H13Cl3N2O3S/c1-8(24-16(23)9-4-3-5-20-15(9)25-2)14(22)21-13-7-11(18)10(17)6-12(13)19/h3-8H,1-2H3,(H,21,22). The van der Waals surface area contributed by atoms with E-state index in [0.29, 0.717) is 10.6 Å². The van der Waals surface area contributed by atoms with Gasteiger partial charge in [-0.25, -0.2) is 9.78 Å². The predicted octanol–water partition coefficient (Wildman–Crippen LogP) is 4.95. The van der Waals surface area contributed by atoms with Gasteiger partial charge in [-0.15, -0.1) is 11.8 Å². The van der Waals surface area contributed by atoms with E-state index in [4.69, 9.17) is 39.5 Å². The van der Waals surface area contributed by atoms with Crippen molar-refractivity contribution in [3.05, 3.63) is 51.1 Å². The Labute approximate surface area is 164 Å². The Morgan fingerprint density at radius 3 is 2.56 bits per heavy atom. The van der Waals surface area contributed by atoms with E-state index in [1.165, 1.54) is 30.8 Å². The lowest BCUT2D eigenvalue weighted by atomic mass is 10.2. The molecule has 0 aliphatic carbocycles. The summed E-state index contributed by atoms with van der Waals surface area (Å²) >= 11 is 19.1. The van der Waals surface area contributed by atoms with Gasteiger partial charge in [0.1, 0.15) is 5.03 Å². The lowest BCUT2D eigenvalue weighted by Gasteiger charge is -2.15. The van der Waals surface area contributed by atoms with Crippen LogP contribution in [0.25, 0.3) is 0 Å². The van der Waals surface area contributed by atoms with E-state index in [9.17, 15) is 9.59 Å². The summed E-state index contributed by atoms with van der Waals surface area (Å²) in [5.74, 6) is -1.19. The average Bonchev–Trinajstić information content (AvgIpc) is 2.59. The van der Waals surface area contributed by atoms with Gasteiger partial charge in [-0.3, -0.25) is 4.79 Å². The van der Waals surface area contributed by atoms with Crippen molar-refractivity contribution in [2.75, 3.05) is 11.6 Å². The topological polar surface area (TPSA) is 68.3 Å². The quantitative estimate of drug-likeness (QED) is 0.422. The smallest absolute Gasteiger partial charge is 0.341 e. The van der Waals surface area contributed by atoms with Crippen LogP contribution < -0.4 is 5.32 Å². The number of hydrogen-bond donors (Lipinski definition) is 1. The summed E-state index contributed by atoms with van der Waals surface area (Å²) in [4.78, 5) is 28.6. The molecule has 0 aliphatic rings. The number of esters is 1. The average molecular weight is 420 g/mol. The van der Waals surface area contributed by atoms with Crippen LogP contribution in [0.3, 0.4) is 0 Å². The fourth-order valence-electron chi connectivity index (χ4n) is 1.84. The zero-order valence-electron chi connectivity index (χ0n) is 13.2. The lowest BCUT2D eigenvalue weighted by molar-refractivity contribution is -0.123. The Morgan fingerprint density at radius 2 is 1.88 bits per heavy atom. The van der Waals surface area contributed by atoms with E-state index < -0.39 is 18.0 Å². The van der Waals surface area contributed by atoms with Crippen LogP contribution >= 0.6 is 46.6 Å². The van der Waals surface area contributed by atoms with E-state index in [-0.39, 0.29) is 20.8 Å². The van der Waals surface area contributed by atoms with Gasteiger partial charge >= 0.3 is 5.97 Å². The van der Waals surface area contributed by atoms with E-state index >= 15 is 0 Å². The minimum absolute atomic E-state index is 0.221. The molecule has 0 saturated carbocycles. The van der Waals surface area contributed by atoms with Gasteiger partial charge in [0.25, 0.3) is 5.91 Å². The summed E-state index contributed by atoms with van der Waals surface area (Å²) in [6, 6.07) is 6.04. The van der Waals surface area contributed by atoms with Crippen LogP contribution in [0.4, 0.5) is 5.69 Å². The van der Waals surface area contributed by atoms with Gasteiger partial charge in [0, 0.05) is 6.20 Å². The summed E-state index contributed by atoms with van der Waals surface area (Å²) in [6.45, 7) is 1.45. The first-order valence-corrected chi connectivity index (χ1v) is 9.34. The first kappa shape index (κ1) is 19.8. The van der Waals surface area contributed by atoms with Crippen molar-refractivity contribution < 1.29 is 14.3 Å². The molecule has 1 heterocycles. The summed E-state index contributed by atoms with van der Waals surface area (Å²) in [5, 5.41) is 3.80. The highest BCUT2D eigenvalue weighted by Crippen LogP contribution is 2.32. The number of amides is 1. The normalized spacial score (nSPS) is 11.7. The number of ether oxygens (including phenoxy) is 1. The highest BCUT2D eigenvalue weighted by Gasteiger charge is 2.22. The summed E-state index contributed by atoms with van der Waals surface area (Å²) in [5.41, 5.74) is 0.567. The molecule has 9 heteroatoms. The maximum absolute atomic E-state index is 12.2. The first-order valence-electron chi connectivity index (χ1n) is 6.99. The van der Waals surface area contributed by atoms with Crippen molar-refractivity contribution in [3.8, 4) is 0 Å². The minimum Gasteiger partial charge on any atom is -0.449 e. The number of rotatable bonds is 5. The number of hydrogen-bond acceptors (Lipinski definition) is 5. The van der Waals surface area contributed by atoms with Crippen LogP contribution in [0.5, 0.6) is 0 Å². The van der Waals surface area contributed by atoms with E-state index in [0.717, 1.165) is 0 Å². The van der Waals surface area contributed by atoms with Gasteiger partial charge in [-0.1, -0.05) is 34.8 Å². The lowest BCUT2D eigenvalue weighted by Crippen LogP contribution is -2.30. The Morgan fingerprint density at radius 1 is 1.20 bits per heavy atom. The van der Waals surface area contributed by atoms with Gasteiger partial charge in [-0.2, -0.15) is 0 Å². The fraction of sp³-hybridized carbons (Fsp3) is 0.188. The number of anilines is 1. The van der Waals surface area contributed by atoms with Crippen molar-refractivity contribution in [2.45, 2.75) is 18.1 Å². The molecule has 0 aliphatic heterocycles. The molecule has 1 atom stereocenters. The molecule has 5 nitrogen and oxygen atoms in total. The molecular formula is C16H13Cl3N2O3S. The van der Waals surface area contributed by atoms with Crippen LogP contribution in [0.2, 0.25) is 15.1 Å². The Balaban J connectivity index is 2.08. The largest absolute Gasteiger partial charge is 0.449 e. The van der Waals surface area contributed by atoms with Gasteiger partial charge < -0.3 is 10.1 Å². The predicted molar refractivity (Wildman–Crippen MR) is 101 cm³/mol. The maximum Gasteiger partial charge on any atom is 0.341 e. The van der Waals surface area contributed by atoms with Crippen LogP contribution in [0.1, 0.15) is 17.3 Å². The molecule has 25 heavy (non-hydrogen) atoms. The number of carbonyl (C=O) groups is 2. The molecule has 1 N–H and O–H groups in total. The van der Waals surface area contributed by atoms with Gasteiger partial charge in [0.05, 0.1) is 26.3 Å². The summed E-state index contributed by atoms with van der Waals surface area (Å²) in [7, 11) is 0. The first-order chi connectivity index (χ1) is 11.8. The zero-order chi connectivity index (χ0) is 18.6. The van der Waals surface area contributed by atoms with Crippen LogP contribution in [-0.4, -0.2) is 29.2 Å². The van der Waals surface area contributed by atoms with E-state index in [2.05, 4.69) is 10.3 Å². The molecule has 2 aromatic rings. The number of carbonyl (C=O) groups excluding carboxylic acids is 2. The molecule has 0 fully saturated rings. The third-order valence-electron chi connectivity index (χ3n) is 3.11. The molecule has 1 amide bonds. The number of aromatic nitrogens is 1. The number of pyridine rings is 1. The molecule has 0 saturated heterocycles. The summed E-state index contributed by atoms with van der Waals surface area (Å²) in [6.07, 6.45) is 2.32. The highest BCUT2D eigenvalue weighted by atomic mass is 35.5. The van der Waals surface area contributed by atoms with Crippen molar-refractivity contribution >= 4 is 64.1 Å². The molecular weight excluding hydrogens is 407 g/mol. The van der Waals surface area contributed by atoms with Gasteiger partial charge in [-0.05, 0) is 37.4 Å². The van der Waals surface area contributed by atoms with Crippen molar-refractivity contribution in [1.82, 2.24) is 4.98 Å². The molecule has 2 rings (SSSR count). The van der Waals surface area contributed by atoms with E-state index in [1.54, 1.807) is 24.6 Å². The number of halogens is 3. The number of nitrogens with zero attached hydrogens (tertiary/aromatic N) is 1. The molecule has 0 bridgehead atoms. The minimum atomic E-state index is -1.05. The Hall–Kier alpha value is -1.47. The van der Waals surface area contributed by atoms with Crippen molar-refractivity contribution in [2.24, 2.45) is 0 Å². The second-order valence-corrected chi connectivity index (χ2v) is 6.86. The zero-order valence-corrected chi connectivity index (χ0v) is 16.3. The molecule has 132 valence electrons.